The van der Waals surface area contributed by atoms with Gasteiger partial charge in [-0.1, -0.05) is 103 Å². The molecule has 3 heteroatoms. The minimum Gasteiger partial charge on any atom is -0.308 e. The van der Waals surface area contributed by atoms with Crippen LogP contribution in [0.3, 0.4) is 0 Å². The summed E-state index contributed by atoms with van der Waals surface area (Å²) in [6, 6.07) is 47.3. The van der Waals surface area contributed by atoms with Crippen molar-refractivity contribution in [1.29, 1.82) is 0 Å². The fourth-order valence-corrected chi connectivity index (χ4v) is 8.98. The van der Waals surface area contributed by atoms with Gasteiger partial charge in [-0.05, 0) is 89.4 Å². The molecular formula is C43H31NS2. The molecular weight excluding hydrogens is 595 g/mol. The van der Waals surface area contributed by atoms with Crippen molar-refractivity contribution in [2.45, 2.75) is 17.7 Å². The van der Waals surface area contributed by atoms with E-state index in [4.69, 9.17) is 0 Å². The van der Waals surface area contributed by atoms with Gasteiger partial charge in [-0.3, -0.25) is 0 Å². The Labute approximate surface area is 277 Å². The molecule has 0 amide bonds. The zero-order valence-electron chi connectivity index (χ0n) is 25.5. The maximum absolute atomic E-state index is 2.52. The van der Waals surface area contributed by atoms with Crippen LogP contribution < -0.4 is 0 Å². The van der Waals surface area contributed by atoms with Gasteiger partial charge in [0.25, 0.3) is 0 Å². The summed E-state index contributed by atoms with van der Waals surface area (Å²) < 4.78 is 5.17. The van der Waals surface area contributed by atoms with Crippen molar-refractivity contribution in [3.05, 3.63) is 151 Å². The first-order valence-electron chi connectivity index (χ1n) is 15.9. The molecule has 0 saturated carbocycles. The monoisotopic (exact) mass is 625 g/mol. The fourth-order valence-electron chi connectivity index (χ4n) is 7.26. The molecule has 0 aliphatic heterocycles. The Morgan fingerprint density at radius 1 is 0.630 bits per heavy atom. The number of aromatic nitrogens is 1. The average Bonchev–Trinajstić information content (AvgIpc) is 3.67. The van der Waals surface area contributed by atoms with Crippen LogP contribution in [-0.2, 0) is 0 Å². The highest BCUT2D eigenvalue weighted by atomic mass is 32.2. The van der Waals surface area contributed by atoms with Crippen LogP contribution in [0.2, 0.25) is 0 Å². The molecule has 220 valence electrons. The number of fused-ring (bicyclic) bond motifs is 7. The summed E-state index contributed by atoms with van der Waals surface area (Å²) in [5, 5.41) is 5.24. The topological polar surface area (TPSA) is 4.93 Å². The van der Waals surface area contributed by atoms with Crippen molar-refractivity contribution in [1.82, 2.24) is 4.57 Å². The molecule has 9 rings (SSSR count). The van der Waals surface area contributed by atoms with E-state index >= 15 is 0 Å². The second-order valence-electron chi connectivity index (χ2n) is 12.0. The Balaban J connectivity index is 1.27. The number of thioether (sulfide) groups is 1. The van der Waals surface area contributed by atoms with Gasteiger partial charge in [-0.25, -0.2) is 0 Å². The number of hydrogen-bond donors (Lipinski definition) is 0. The van der Waals surface area contributed by atoms with Gasteiger partial charge in [0.15, 0.2) is 0 Å². The summed E-state index contributed by atoms with van der Waals surface area (Å²) in [6.45, 7) is 0. The van der Waals surface area contributed by atoms with Crippen LogP contribution >= 0.6 is 23.1 Å². The Kier molecular flexibility index (Phi) is 6.69. The highest BCUT2D eigenvalue weighted by Gasteiger charge is 2.20. The summed E-state index contributed by atoms with van der Waals surface area (Å²) in [6.07, 6.45) is 11.1. The van der Waals surface area contributed by atoms with E-state index in [1.54, 1.807) is 0 Å². The average molecular weight is 626 g/mol. The Hall–Kier alpha value is -4.83. The van der Waals surface area contributed by atoms with Crippen LogP contribution in [0.1, 0.15) is 18.4 Å². The number of rotatable bonds is 5. The molecule has 2 heterocycles. The van der Waals surface area contributed by atoms with Gasteiger partial charge in [0.2, 0.25) is 0 Å². The lowest BCUT2D eigenvalue weighted by molar-refractivity contribution is 1.05. The van der Waals surface area contributed by atoms with E-state index in [1.807, 2.05) is 23.1 Å². The molecule has 46 heavy (non-hydrogen) atoms. The molecule has 0 unspecified atom stereocenters. The van der Waals surface area contributed by atoms with Crippen LogP contribution in [0, 0.1) is 0 Å². The first-order valence-corrected chi connectivity index (χ1v) is 17.9. The van der Waals surface area contributed by atoms with Crippen LogP contribution in [0.15, 0.2) is 151 Å². The maximum Gasteiger partial charge on any atom is 0.0634 e. The quantitative estimate of drug-likeness (QED) is 0.172. The second kappa shape index (κ2) is 11.2. The first kappa shape index (κ1) is 27.5. The van der Waals surface area contributed by atoms with Gasteiger partial charge in [0.05, 0.1) is 16.7 Å². The van der Waals surface area contributed by atoms with Gasteiger partial charge in [-0.15, -0.1) is 23.1 Å². The van der Waals surface area contributed by atoms with Gasteiger partial charge < -0.3 is 4.57 Å². The Morgan fingerprint density at radius 3 is 2.33 bits per heavy atom. The number of thiophene rings is 1. The lowest BCUT2D eigenvalue weighted by Gasteiger charge is -2.17. The molecule has 0 atom stereocenters. The minimum absolute atomic E-state index is 1.09. The molecule has 1 aliphatic rings. The normalized spacial score (nSPS) is 13.3. The van der Waals surface area contributed by atoms with E-state index in [9.17, 15) is 0 Å². The molecule has 8 aromatic rings. The molecule has 0 radical (unpaired) electrons. The van der Waals surface area contributed by atoms with Gasteiger partial charge >= 0.3 is 0 Å². The van der Waals surface area contributed by atoms with E-state index < -0.39 is 0 Å². The number of nitrogens with zero attached hydrogens (tertiary/aromatic N) is 1. The molecule has 0 fully saturated rings. The molecule has 1 aliphatic carbocycles. The van der Waals surface area contributed by atoms with E-state index in [-0.39, 0.29) is 0 Å². The third-order valence-corrected chi connectivity index (χ3v) is 11.3. The highest BCUT2D eigenvalue weighted by molar-refractivity contribution is 7.98. The molecule has 0 spiro atoms. The summed E-state index contributed by atoms with van der Waals surface area (Å²) in [5.74, 6) is 0. The van der Waals surface area contributed by atoms with Crippen molar-refractivity contribution in [3.63, 3.8) is 0 Å². The lowest BCUT2D eigenvalue weighted by Crippen LogP contribution is -1.97. The van der Waals surface area contributed by atoms with Crippen LogP contribution in [-0.4, -0.2) is 10.8 Å². The zero-order valence-corrected chi connectivity index (χ0v) is 27.2. The number of benzene rings is 6. The van der Waals surface area contributed by atoms with Gasteiger partial charge in [-0.2, -0.15) is 0 Å². The zero-order chi connectivity index (χ0) is 30.6. The van der Waals surface area contributed by atoms with Crippen LogP contribution in [0.25, 0.3) is 75.5 Å². The molecule has 6 aromatic carbocycles. The fraction of sp³-hybridized carbons (Fsp3) is 0.0698. The minimum atomic E-state index is 1.09. The van der Waals surface area contributed by atoms with Crippen molar-refractivity contribution >= 4 is 70.6 Å². The molecule has 0 saturated heterocycles. The molecule has 1 nitrogen and oxygen atoms in total. The summed E-state index contributed by atoms with van der Waals surface area (Å²) >= 11 is 3.71. The number of allylic oxidation sites excluding steroid dienone is 4. The SMILES string of the molecule is CSc1ccc(-c2cccc(-c3ccccc3-n3c4ccccc4c4ccc5sc6ccccc6c5c43)c2)cc1C1=CC=CCC1. The maximum atomic E-state index is 2.52. The highest BCUT2D eigenvalue weighted by Crippen LogP contribution is 2.44. The van der Waals surface area contributed by atoms with Gasteiger partial charge in [0, 0.05) is 41.4 Å². The number of hydrogen-bond acceptors (Lipinski definition) is 2. The van der Waals surface area contributed by atoms with Crippen LogP contribution in [0.5, 0.6) is 0 Å². The smallest absolute Gasteiger partial charge is 0.0634 e. The molecule has 2 aromatic heterocycles. The summed E-state index contributed by atoms with van der Waals surface area (Å²) in [5.41, 5.74) is 11.4. The van der Waals surface area contributed by atoms with Crippen molar-refractivity contribution in [3.8, 4) is 27.9 Å². The summed E-state index contributed by atoms with van der Waals surface area (Å²) in [7, 11) is 0. The van der Waals surface area contributed by atoms with Crippen molar-refractivity contribution in [2.24, 2.45) is 0 Å². The number of para-hydroxylation sites is 2. The summed E-state index contributed by atoms with van der Waals surface area (Å²) in [4.78, 5) is 1.34. The van der Waals surface area contributed by atoms with E-state index in [1.165, 1.54) is 86.0 Å². The Bertz CT molecular complexity index is 2520. The van der Waals surface area contributed by atoms with Gasteiger partial charge in [0.1, 0.15) is 0 Å². The third-order valence-electron chi connectivity index (χ3n) is 9.39. The predicted octanol–water partition coefficient (Wildman–Crippen LogP) is 12.9. The molecule has 0 N–H and O–H groups in total. The Morgan fingerprint density at radius 2 is 1.43 bits per heavy atom. The van der Waals surface area contributed by atoms with E-state index in [2.05, 4.69) is 156 Å². The van der Waals surface area contributed by atoms with E-state index in [0.29, 0.717) is 0 Å². The van der Waals surface area contributed by atoms with Crippen LogP contribution in [0.4, 0.5) is 0 Å². The standard InChI is InChI=1S/C43H31NS2/c1-45-39-24-22-30(27-36(39)28-12-3-2-4-13-28)29-14-11-15-31(26-29)32-16-5-8-19-37(32)44-38-20-9-6-17-33(38)34-23-25-41-42(43(34)44)35-18-7-10-21-40(35)46-41/h2-3,5-12,14-27H,4,13H2,1H3. The van der Waals surface area contributed by atoms with Crippen molar-refractivity contribution < 1.29 is 0 Å². The first-order chi connectivity index (χ1) is 22.8. The predicted molar refractivity (Wildman–Crippen MR) is 203 cm³/mol. The van der Waals surface area contributed by atoms with Crippen molar-refractivity contribution in [2.75, 3.05) is 6.26 Å². The van der Waals surface area contributed by atoms with E-state index in [0.717, 1.165) is 12.8 Å². The molecule has 0 bridgehead atoms. The second-order valence-corrected chi connectivity index (χ2v) is 13.9. The lowest BCUT2D eigenvalue weighted by atomic mass is 9.93. The third kappa shape index (κ3) is 4.38. The largest absolute Gasteiger partial charge is 0.308 e.